The molecule has 21 heavy (non-hydrogen) atoms. The van der Waals surface area contributed by atoms with Gasteiger partial charge in [0, 0.05) is 19.0 Å². The minimum atomic E-state index is -1.01. The zero-order chi connectivity index (χ0) is 14.8. The van der Waals surface area contributed by atoms with E-state index in [1.54, 1.807) is 17.4 Å². The summed E-state index contributed by atoms with van der Waals surface area (Å²) >= 11 is 1.65. The van der Waals surface area contributed by atoms with Crippen molar-refractivity contribution in [3.8, 4) is 0 Å². The molecule has 1 aromatic carbocycles. The molecule has 2 heterocycles. The van der Waals surface area contributed by atoms with Crippen LogP contribution in [0, 0.1) is 0 Å². The zero-order valence-corrected chi connectivity index (χ0v) is 12.3. The summed E-state index contributed by atoms with van der Waals surface area (Å²) in [4.78, 5) is 17.6. The number of carboxylic acids is 1. The Morgan fingerprint density at radius 2 is 2.14 bits per heavy atom. The van der Waals surface area contributed by atoms with E-state index in [-0.39, 0.29) is 5.69 Å². The Morgan fingerprint density at radius 1 is 1.33 bits per heavy atom. The highest BCUT2D eigenvalue weighted by Gasteiger charge is 2.14. The lowest BCUT2D eigenvalue weighted by Gasteiger charge is -2.20. The molecule has 0 atom stereocenters. The molecule has 0 saturated heterocycles. The number of pyridine rings is 1. The van der Waals surface area contributed by atoms with Gasteiger partial charge in [0.05, 0.1) is 0 Å². The van der Waals surface area contributed by atoms with Gasteiger partial charge in [0.2, 0.25) is 0 Å². The third kappa shape index (κ3) is 2.73. The SMILES string of the molecule is CN(Cc1ccsc1)c1nc(C(=O)O)cc2ccccc12. The van der Waals surface area contributed by atoms with Gasteiger partial charge in [-0.2, -0.15) is 11.3 Å². The Hall–Kier alpha value is -2.40. The molecule has 0 fully saturated rings. The topological polar surface area (TPSA) is 53.4 Å². The minimum absolute atomic E-state index is 0.0702. The monoisotopic (exact) mass is 298 g/mol. The summed E-state index contributed by atoms with van der Waals surface area (Å²) in [6, 6.07) is 11.4. The first-order chi connectivity index (χ1) is 10.1. The molecule has 0 amide bonds. The summed E-state index contributed by atoms with van der Waals surface area (Å²) in [6.45, 7) is 0.698. The first-order valence-corrected chi connectivity index (χ1v) is 7.45. The number of carbonyl (C=O) groups is 1. The first kappa shape index (κ1) is 13.6. The maximum Gasteiger partial charge on any atom is 0.354 e. The molecule has 5 heteroatoms. The number of nitrogens with zero attached hydrogens (tertiary/aromatic N) is 2. The fraction of sp³-hybridized carbons (Fsp3) is 0.125. The van der Waals surface area contributed by atoms with Crippen LogP contribution in [-0.4, -0.2) is 23.1 Å². The van der Waals surface area contributed by atoms with Gasteiger partial charge in [-0.1, -0.05) is 24.3 Å². The summed E-state index contributed by atoms with van der Waals surface area (Å²) < 4.78 is 0. The van der Waals surface area contributed by atoms with E-state index in [2.05, 4.69) is 16.4 Å². The van der Waals surface area contributed by atoms with Gasteiger partial charge in [-0.3, -0.25) is 0 Å². The summed E-state index contributed by atoms with van der Waals surface area (Å²) in [7, 11) is 1.93. The van der Waals surface area contributed by atoms with Crippen LogP contribution in [0.2, 0.25) is 0 Å². The highest BCUT2D eigenvalue weighted by molar-refractivity contribution is 7.07. The van der Waals surface area contributed by atoms with Gasteiger partial charge < -0.3 is 10.0 Å². The van der Waals surface area contributed by atoms with Gasteiger partial charge in [-0.15, -0.1) is 0 Å². The van der Waals surface area contributed by atoms with Crippen molar-refractivity contribution in [2.75, 3.05) is 11.9 Å². The molecule has 2 aromatic heterocycles. The Kier molecular flexibility index (Phi) is 3.58. The Balaban J connectivity index is 2.08. The van der Waals surface area contributed by atoms with Gasteiger partial charge >= 0.3 is 5.97 Å². The number of hydrogen-bond acceptors (Lipinski definition) is 4. The van der Waals surface area contributed by atoms with Crippen molar-refractivity contribution in [1.29, 1.82) is 0 Å². The number of thiophene rings is 1. The van der Waals surface area contributed by atoms with Crippen LogP contribution in [0.15, 0.2) is 47.2 Å². The van der Waals surface area contributed by atoms with Crippen molar-refractivity contribution in [1.82, 2.24) is 4.98 Å². The largest absolute Gasteiger partial charge is 0.477 e. The maximum absolute atomic E-state index is 11.3. The number of fused-ring (bicyclic) bond motifs is 1. The van der Waals surface area contributed by atoms with Crippen LogP contribution in [0.4, 0.5) is 5.82 Å². The Morgan fingerprint density at radius 3 is 2.86 bits per heavy atom. The number of aromatic carboxylic acids is 1. The van der Waals surface area contributed by atoms with E-state index < -0.39 is 5.97 Å². The molecule has 3 aromatic rings. The summed E-state index contributed by atoms with van der Waals surface area (Å²) in [5.74, 6) is -0.317. The van der Waals surface area contributed by atoms with Crippen molar-refractivity contribution in [2.45, 2.75) is 6.54 Å². The van der Waals surface area contributed by atoms with E-state index in [1.807, 2.05) is 41.6 Å². The zero-order valence-electron chi connectivity index (χ0n) is 11.5. The standard InChI is InChI=1S/C16H14N2O2S/c1-18(9-11-6-7-21-10-11)15-13-5-3-2-4-12(13)8-14(17-15)16(19)20/h2-8,10H,9H2,1H3,(H,19,20). The second kappa shape index (κ2) is 5.54. The van der Waals surface area contributed by atoms with E-state index in [0.29, 0.717) is 12.4 Å². The van der Waals surface area contributed by atoms with Gasteiger partial charge in [-0.05, 0) is 33.8 Å². The molecule has 1 N–H and O–H groups in total. The molecule has 3 rings (SSSR count). The van der Waals surface area contributed by atoms with Crippen LogP contribution in [-0.2, 0) is 6.54 Å². The second-order valence-electron chi connectivity index (χ2n) is 4.85. The molecule has 0 radical (unpaired) electrons. The molecule has 0 aliphatic rings. The lowest BCUT2D eigenvalue weighted by molar-refractivity contribution is 0.0691. The van der Waals surface area contributed by atoms with E-state index in [9.17, 15) is 9.90 Å². The number of rotatable bonds is 4. The van der Waals surface area contributed by atoms with Crippen LogP contribution in [0.1, 0.15) is 16.1 Å². The quantitative estimate of drug-likeness (QED) is 0.799. The Labute approximate surface area is 126 Å². The molecule has 0 aliphatic carbocycles. The average Bonchev–Trinajstić information content (AvgIpc) is 2.98. The minimum Gasteiger partial charge on any atom is -0.477 e. The molecule has 0 unspecified atom stereocenters. The van der Waals surface area contributed by atoms with Gasteiger partial charge in [0.15, 0.2) is 5.69 Å². The molecular formula is C16H14N2O2S. The van der Waals surface area contributed by atoms with Crippen LogP contribution < -0.4 is 4.90 Å². The number of hydrogen-bond donors (Lipinski definition) is 1. The van der Waals surface area contributed by atoms with Crippen LogP contribution >= 0.6 is 11.3 Å². The lowest BCUT2D eigenvalue weighted by atomic mass is 10.1. The van der Waals surface area contributed by atoms with Crippen molar-refractivity contribution in [3.05, 3.63) is 58.4 Å². The van der Waals surface area contributed by atoms with E-state index in [1.165, 1.54) is 5.56 Å². The molecule has 0 saturated carbocycles. The molecule has 4 nitrogen and oxygen atoms in total. The van der Waals surface area contributed by atoms with Crippen molar-refractivity contribution < 1.29 is 9.90 Å². The highest BCUT2D eigenvalue weighted by Crippen LogP contribution is 2.26. The lowest BCUT2D eigenvalue weighted by Crippen LogP contribution is -2.19. The average molecular weight is 298 g/mol. The molecule has 106 valence electrons. The summed E-state index contributed by atoms with van der Waals surface area (Å²) in [5.41, 5.74) is 1.26. The van der Waals surface area contributed by atoms with E-state index in [4.69, 9.17) is 0 Å². The first-order valence-electron chi connectivity index (χ1n) is 6.50. The second-order valence-corrected chi connectivity index (χ2v) is 5.63. The number of anilines is 1. The van der Waals surface area contributed by atoms with Crippen molar-refractivity contribution >= 4 is 33.9 Å². The third-order valence-corrected chi connectivity index (χ3v) is 4.03. The number of aromatic nitrogens is 1. The van der Waals surface area contributed by atoms with Crippen molar-refractivity contribution in [2.24, 2.45) is 0 Å². The summed E-state index contributed by atoms with van der Waals surface area (Å²) in [6.07, 6.45) is 0. The molecule has 0 spiro atoms. The van der Waals surface area contributed by atoms with Crippen molar-refractivity contribution in [3.63, 3.8) is 0 Å². The predicted octanol–water partition coefficient (Wildman–Crippen LogP) is 3.63. The third-order valence-electron chi connectivity index (χ3n) is 3.30. The fourth-order valence-electron chi connectivity index (χ4n) is 2.31. The fourth-order valence-corrected chi connectivity index (χ4v) is 2.97. The van der Waals surface area contributed by atoms with E-state index in [0.717, 1.165) is 10.8 Å². The van der Waals surface area contributed by atoms with Crippen LogP contribution in [0.3, 0.4) is 0 Å². The number of benzene rings is 1. The highest BCUT2D eigenvalue weighted by atomic mass is 32.1. The van der Waals surface area contributed by atoms with Crippen LogP contribution in [0.5, 0.6) is 0 Å². The smallest absolute Gasteiger partial charge is 0.354 e. The van der Waals surface area contributed by atoms with Gasteiger partial charge in [0.25, 0.3) is 0 Å². The number of carboxylic acid groups (broad SMARTS) is 1. The Bertz CT molecular complexity index is 784. The molecule has 0 aliphatic heterocycles. The normalized spacial score (nSPS) is 10.7. The molecule has 0 bridgehead atoms. The molecular weight excluding hydrogens is 284 g/mol. The summed E-state index contributed by atoms with van der Waals surface area (Å²) in [5, 5.41) is 15.2. The van der Waals surface area contributed by atoms with Crippen LogP contribution in [0.25, 0.3) is 10.8 Å². The van der Waals surface area contributed by atoms with Gasteiger partial charge in [0.1, 0.15) is 5.82 Å². The predicted molar refractivity (Wildman–Crippen MR) is 85.1 cm³/mol. The van der Waals surface area contributed by atoms with E-state index >= 15 is 0 Å². The van der Waals surface area contributed by atoms with Gasteiger partial charge in [-0.25, -0.2) is 9.78 Å². The maximum atomic E-state index is 11.3.